The van der Waals surface area contributed by atoms with Crippen molar-refractivity contribution in [3.05, 3.63) is 60.8 Å². The number of rotatable bonds is 16. The summed E-state index contributed by atoms with van der Waals surface area (Å²) in [6.07, 6.45) is 29.8. The zero-order valence-corrected chi connectivity index (χ0v) is 19.9. The van der Waals surface area contributed by atoms with Crippen LogP contribution in [0.3, 0.4) is 0 Å². The minimum Gasteiger partial charge on any atom is -0.458 e. The summed E-state index contributed by atoms with van der Waals surface area (Å²) in [6.45, 7) is 10.1. The summed E-state index contributed by atoms with van der Waals surface area (Å²) in [5.41, 5.74) is -0.465. The lowest BCUT2D eigenvalue weighted by molar-refractivity contribution is -0.167. The molecule has 0 aromatic carbocycles. The standard InChI is InChI=1S/C27H44O3/c1-6-7-8-9-10-11-12-13-14-15-16-17-18-19-20-21-22-23-24-29-25(2)26(28)30-27(3,4)5/h7-8,10-11,13-14,16-17,19-20,25H,6,9,12,15,18,21-24H2,1-5H3/b8-7-,11-10-,14-13-,17-16-,20-19-. The quantitative estimate of drug-likeness (QED) is 0.147. The Morgan fingerprint density at radius 3 is 1.70 bits per heavy atom. The Morgan fingerprint density at radius 1 is 0.767 bits per heavy atom. The fourth-order valence-electron chi connectivity index (χ4n) is 2.45. The molecule has 3 nitrogen and oxygen atoms in total. The van der Waals surface area contributed by atoms with Crippen molar-refractivity contribution in [3.63, 3.8) is 0 Å². The fourth-order valence-corrected chi connectivity index (χ4v) is 2.45. The van der Waals surface area contributed by atoms with Crippen LogP contribution in [0.4, 0.5) is 0 Å². The summed E-state index contributed by atoms with van der Waals surface area (Å²) in [5, 5.41) is 0. The van der Waals surface area contributed by atoms with Crippen molar-refractivity contribution in [2.45, 2.75) is 97.7 Å². The highest BCUT2D eigenvalue weighted by Gasteiger charge is 2.21. The molecule has 0 saturated carbocycles. The monoisotopic (exact) mass is 416 g/mol. The van der Waals surface area contributed by atoms with Gasteiger partial charge in [0.1, 0.15) is 5.60 Å². The number of allylic oxidation sites excluding steroid dienone is 10. The zero-order valence-electron chi connectivity index (χ0n) is 19.9. The van der Waals surface area contributed by atoms with E-state index in [1.54, 1.807) is 6.92 Å². The molecule has 0 fully saturated rings. The fraction of sp³-hybridized carbons (Fsp3) is 0.593. The Hall–Kier alpha value is -1.87. The molecule has 1 unspecified atom stereocenters. The molecule has 0 radical (unpaired) electrons. The smallest absolute Gasteiger partial charge is 0.335 e. The van der Waals surface area contributed by atoms with E-state index in [4.69, 9.17) is 9.47 Å². The summed E-state index contributed by atoms with van der Waals surface area (Å²) in [6, 6.07) is 0. The minimum atomic E-state index is -0.502. The average molecular weight is 417 g/mol. The van der Waals surface area contributed by atoms with Gasteiger partial charge < -0.3 is 9.47 Å². The van der Waals surface area contributed by atoms with Crippen molar-refractivity contribution in [1.82, 2.24) is 0 Å². The van der Waals surface area contributed by atoms with Gasteiger partial charge in [-0.1, -0.05) is 67.7 Å². The van der Waals surface area contributed by atoms with E-state index in [2.05, 4.69) is 67.7 Å². The third-order valence-corrected chi connectivity index (χ3v) is 4.03. The molecule has 0 saturated heterocycles. The maximum Gasteiger partial charge on any atom is 0.335 e. The highest BCUT2D eigenvalue weighted by Crippen LogP contribution is 2.10. The molecule has 0 aromatic heterocycles. The molecule has 0 aromatic rings. The van der Waals surface area contributed by atoms with Crippen molar-refractivity contribution < 1.29 is 14.3 Å². The summed E-state index contributed by atoms with van der Waals surface area (Å²) < 4.78 is 10.9. The van der Waals surface area contributed by atoms with Crippen LogP contribution in [0.2, 0.25) is 0 Å². The number of hydrogen-bond acceptors (Lipinski definition) is 3. The Bertz CT molecular complexity index is 559. The summed E-state index contributed by atoms with van der Waals surface area (Å²) in [7, 11) is 0. The van der Waals surface area contributed by atoms with E-state index in [0.717, 1.165) is 51.4 Å². The van der Waals surface area contributed by atoms with Gasteiger partial charge in [-0.25, -0.2) is 4.79 Å². The van der Waals surface area contributed by atoms with Gasteiger partial charge in [0.2, 0.25) is 0 Å². The summed E-state index contributed by atoms with van der Waals surface area (Å²) >= 11 is 0. The second-order valence-electron chi connectivity index (χ2n) is 8.25. The van der Waals surface area contributed by atoms with E-state index in [0.29, 0.717) is 6.61 Å². The summed E-state index contributed by atoms with van der Waals surface area (Å²) in [4.78, 5) is 11.8. The van der Waals surface area contributed by atoms with Gasteiger partial charge in [0.25, 0.3) is 0 Å². The second kappa shape index (κ2) is 19.1. The minimum absolute atomic E-state index is 0.291. The summed E-state index contributed by atoms with van der Waals surface area (Å²) in [5.74, 6) is -0.291. The first-order valence-electron chi connectivity index (χ1n) is 11.5. The highest BCUT2D eigenvalue weighted by molar-refractivity contribution is 5.74. The molecule has 0 aliphatic heterocycles. The van der Waals surface area contributed by atoms with Crippen molar-refractivity contribution in [2.75, 3.05) is 6.61 Å². The molecule has 0 N–H and O–H groups in total. The van der Waals surface area contributed by atoms with Gasteiger partial charge in [-0.05, 0) is 79.1 Å². The number of carbonyl (C=O) groups excluding carboxylic acids is 1. The van der Waals surface area contributed by atoms with Crippen LogP contribution in [0.1, 0.15) is 86.0 Å². The maximum absolute atomic E-state index is 11.8. The second-order valence-corrected chi connectivity index (χ2v) is 8.25. The maximum atomic E-state index is 11.8. The molecule has 1 atom stereocenters. The molecule has 3 heteroatoms. The van der Waals surface area contributed by atoms with E-state index in [1.807, 2.05) is 20.8 Å². The predicted octanol–water partition coefficient (Wildman–Crippen LogP) is 7.65. The molecule has 0 aliphatic rings. The SMILES string of the molecule is CC/C=C\C/C=C\C/C=C\C/C=C\C/C=C\CCCCOC(C)C(=O)OC(C)(C)C. The third kappa shape index (κ3) is 20.9. The Kier molecular flexibility index (Phi) is 17.9. The normalized spacial score (nSPS) is 14.2. The first-order valence-corrected chi connectivity index (χ1v) is 11.5. The molecule has 0 heterocycles. The van der Waals surface area contributed by atoms with Crippen LogP contribution in [-0.2, 0) is 14.3 Å². The van der Waals surface area contributed by atoms with Crippen LogP contribution >= 0.6 is 0 Å². The largest absolute Gasteiger partial charge is 0.458 e. The van der Waals surface area contributed by atoms with Gasteiger partial charge in [-0.2, -0.15) is 0 Å². The van der Waals surface area contributed by atoms with Crippen LogP contribution in [0.25, 0.3) is 0 Å². The van der Waals surface area contributed by atoms with Crippen LogP contribution in [-0.4, -0.2) is 24.3 Å². The molecule has 0 aliphatic carbocycles. The molecule has 30 heavy (non-hydrogen) atoms. The van der Waals surface area contributed by atoms with Crippen LogP contribution in [0, 0.1) is 0 Å². The molecule has 0 amide bonds. The topological polar surface area (TPSA) is 35.5 Å². The Morgan fingerprint density at radius 2 is 1.23 bits per heavy atom. The van der Waals surface area contributed by atoms with Gasteiger partial charge in [-0.3, -0.25) is 0 Å². The molecular weight excluding hydrogens is 372 g/mol. The van der Waals surface area contributed by atoms with Crippen molar-refractivity contribution in [2.24, 2.45) is 0 Å². The first kappa shape index (κ1) is 28.1. The van der Waals surface area contributed by atoms with E-state index >= 15 is 0 Å². The number of unbranched alkanes of at least 4 members (excludes halogenated alkanes) is 2. The molecule has 0 bridgehead atoms. The van der Waals surface area contributed by atoms with E-state index in [9.17, 15) is 4.79 Å². The predicted molar refractivity (Wildman–Crippen MR) is 130 cm³/mol. The lowest BCUT2D eigenvalue weighted by Gasteiger charge is -2.22. The van der Waals surface area contributed by atoms with Gasteiger partial charge in [0.15, 0.2) is 6.10 Å². The average Bonchev–Trinajstić information content (AvgIpc) is 2.68. The van der Waals surface area contributed by atoms with Crippen LogP contribution in [0.5, 0.6) is 0 Å². The number of ether oxygens (including phenoxy) is 2. The van der Waals surface area contributed by atoms with Crippen molar-refractivity contribution in [3.8, 4) is 0 Å². The third-order valence-electron chi connectivity index (χ3n) is 4.03. The van der Waals surface area contributed by atoms with E-state index < -0.39 is 11.7 Å². The van der Waals surface area contributed by atoms with E-state index in [1.165, 1.54) is 0 Å². The number of esters is 1. The van der Waals surface area contributed by atoms with Crippen LogP contribution in [0.15, 0.2) is 60.8 Å². The lowest BCUT2D eigenvalue weighted by Crippen LogP contribution is -2.31. The lowest BCUT2D eigenvalue weighted by atomic mass is 10.2. The van der Waals surface area contributed by atoms with Crippen LogP contribution < -0.4 is 0 Å². The van der Waals surface area contributed by atoms with Gasteiger partial charge in [0.05, 0.1) is 0 Å². The van der Waals surface area contributed by atoms with Gasteiger partial charge in [0, 0.05) is 6.61 Å². The molecule has 0 spiro atoms. The van der Waals surface area contributed by atoms with E-state index in [-0.39, 0.29) is 5.97 Å². The molecule has 0 rings (SSSR count). The Labute approximate surface area is 185 Å². The first-order chi connectivity index (χ1) is 14.4. The zero-order chi connectivity index (χ0) is 22.5. The number of hydrogen-bond donors (Lipinski definition) is 0. The molecular formula is C27H44O3. The van der Waals surface area contributed by atoms with Crippen molar-refractivity contribution in [1.29, 1.82) is 0 Å². The highest BCUT2D eigenvalue weighted by atomic mass is 16.6. The Balaban J connectivity index is 3.59. The number of carbonyl (C=O) groups is 1. The van der Waals surface area contributed by atoms with Gasteiger partial charge in [-0.15, -0.1) is 0 Å². The molecule has 170 valence electrons. The van der Waals surface area contributed by atoms with Gasteiger partial charge >= 0.3 is 5.97 Å². The van der Waals surface area contributed by atoms with Crippen molar-refractivity contribution >= 4 is 5.97 Å².